The predicted octanol–water partition coefficient (Wildman–Crippen LogP) is 5.23. The summed E-state index contributed by atoms with van der Waals surface area (Å²) in [5, 5.41) is 7.29. The molecule has 0 saturated heterocycles. The van der Waals surface area contributed by atoms with Crippen molar-refractivity contribution in [3.63, 3.8) is 0 Å². The van der Waals surface area contributed by atoms with Gasteiger partial charge in [0.05, 0.1) is 24.8 Å². The number of hydrogen-bond donors (Lipinski definition) is 2. The van der Waals surface area contributed by atoms with E-state index in [-0.39, 0.29) is 18.0 Å². The maximum Gasteiger partial charge on any atom is 0.256 e. The molecule has 1 aromatic heterocycles. The van der Waals surface area contributed by atoms with Gasteiger partial charge in [0, 0.05) is 29.5 Å². The van der Waals surface area contributed by atoms with Gasteiger partial charge in [-0.3, -0.25) is 14.2 Å². The number of fused-ring (bicyclic) bond motifs is 1. The summed E-state index contributed by atoms with van der Waals surface area (Å²) < 4.78 is 12.0. The summed E-state index contributed by atoms with van der Waals surface area (Å²) in [4.78, 5) is 26.4. The number of nitrogens with one attached hydrogen (secondary N) is 2. The number of aryl methyl sites for hydroxylation is 1. The second-order valence-electron chi connectivity index (χ2n) is 8.10. The molecule has 0 spiro atoms. The van der Waals surface area contributed by atoms with E-state index in [4.69, 9.17) is 21.1 Å². The van der Waals surface area contributed by atoms with Gasteiger partial charge in [0.2, 0.25) is 5.91 Å². The SMILES string of the molecule is COc1ccc2cc(CNc3ccc(C)cc3)c(=O)n(CC(=O)Nc3ccc(OC)c(Cl)c3)c2c1. The van der Waals surface area contributed by atoms with Crippen LogP contribution in [0.2, 0.25) is 5.02 Å². The molecule has 1 amide bonds. The first-order valence-corrected chi connectivity index (χ1v) is 11.4. The minimum atomic E-state index is -0.360. The van der Waals surface area contributed by atoms with E-state index in [0.29, 0.717) is 39.8 Å². The maximum atomic E-state index is 13.4. The molecule has 0 bridgehead atoms. The zero-order valence-corrected chi connectivity index (χ0v) is 20.5. The van der Waals surface area contributed by atoms with Crippen LogP contribution in [0.1, 0.15) is 11.1 Å². The lowest BCUT2D eigenvalue weighted by molar-refractivity contribution is -0.116. The minimum absolute atomic E-state index is 0.176. The first kappa shape index (κ1) is 24.2. The molecule has 35 heavy (non-hydrogen) atoms. The number of pyridine rings is 1. The van der Waals surface area contributed by atoms with Gasteiger partial charge < -0.3 is 20.1 Å². The van der Waals surface area contributed by atoms with Crippen LogP contribution in [0, 0.1) is 6.92 Å². The molecule has 0 unspecified atom stereocenters. The number of aromatic nitrogens is 1. The lowest BCUT2D eigenvalue weighted by Gasteiger charge is -2.15. The fraction of sp³-hybridized carbons (Fsp3) is 0.185. The second kappa shape index (κ2) is 10.5. The highest BCUT2D eigenvalue weighted by Gasteiger charge is 2.14. The van der Waals surface area contributed by atoms with Crippen LogP contribution in [0.5, 0.6) is 11.5 Å². The number of anilines is 2. The zero-order chi connectivity index (χ0) is 24.9. The van der Waals surface area contributed by atoms with Crippen LogP contribution in [-0.4, -0.2) is 24.7 Å². The van der Waals surface area contributed by atoms with E-state index in [2.05, 4.69) is 10.6 Å². The molecule has 0 aliphatic heterocycles. The van der Waals surface area contributed by atoms with Crippen molar-refractivity contribution < 1.29 is 14.3 Å². The second-order valence-corrected chi connectivity index (χ2v) is 8.51. The van der Waals surface area contributed by atoms with Gasteiger partial charge in [-0.1, -0.05) is 29.3 Å². The number of ether oxygens (including phenoxy) is 2. The topological polar surface area (TPSA) is 81.6 Å². The molecule has 0 aliphatic rings. The van der Waals surface area contributed by atoms with Gasteiger partial charge in [-0.15, -0.1) is 0 Å². The minimum Gasteiger partial charge on any atom is -0.497 e. The van der Waals surface area contributed by atoms with Gasteiger partial charge in [-0.25, -0.2) is 0 Å². The highest BCUT2D eigenvalue weighted by atomic mass is 35.5. The van der Waals surface area contributed by atoms with Crippen LogP contribution in [0.25, 0.3) is 10.9 Å². The monoisotopic (exact) mass is 491 g/mol. The van der Waals surface area contributed by atoms with Crippen molar-refractivity contribution in [1.82, 2.24) is 4.57 Å². The number of benzene rings is 3. The smallest absolute Gasteiger partial charge is 0.256 e. The van der Waals surface area contributed by atoms with Gasteiger partial charge in [0.25, 0.3) is 5.56 Å². The molecule has 0 atom stereocenters. The summed E-state index contributed by atoms with van der Waals surface area (Å²) in [7, 11) is 3.08. The summed E-state index contributed by atoms with van der Waals surface area (Å²) in [6, 6.07) is 20.2. The Morgan fingerprint density at radius 1 is 0.943 bits per heavy atom. The average molecular weight is 492 g/mol. The summed E-state index contributed by atoms with van der Waals surface area (Å²) in [6.45, 7) is 2.16. The molecular weight excluding hydrogens is 466 g/mol. The summed E-state index contributed by atoms with van der Waals surface area (Å²) in [6.07, 6.45) is 0. The summed E-state index contributed by atoms with van der Waals surface area (Å²) in [5.74, 6) is 0.743. The van der Waals surface area contributed by atoms with E-state index >= 15 is 0 Å². The summed E-state index contributed by atoms with van der Waals surface area (Å²) in [5.41, 5.74) is 3.47. The van der Waals surface area contributed by atoms with Crippen LogP contribution in [0.3, 0.4) is 0 Å². The number of halogens is 1. The van der Waals surface area contributed by atoms with Gasteiger partial charge in [0.1, 0.15) is 18.0 Å². The van der Waals surface area contributed by atoms with Crippen molar-refractivity contribution in [2.45, 2.75) is 20.0 Å². The molecule has 2 N–H and O–H groups in total. The van der Waals surface area contributed by atoms with Crippen LogP contribution in [0.4, 0.5) is 11.4 Å². The molecule has 7 nitrogen and oxygen atoms in total. The van der Waals surface area contributed by atoms with Crippen molar-refractivity contribution in [1.29, 1.82) is 0 Å². The van der Waals surface area contributed by atoms with E-state index < -0.39 is 0 Å². The van der Waals surface area contributed by atoms with Gasteiger partial charge in [0.15, 0.2) is 0 Å². The van der Waals surface area contributed by atoms with Crippen molar-refractivity contribution in [2.24, 2.45) is 0 Å². The zero-order valence-electron chi connectivity index (χ0n) is 19.7. The average Bonchev–Trinajstić information content (AvgIpc) is 2.85. The Labute approximate surface area is 208 Å². The lowest BCUT2D eigenvalue weighted by atomic mass is 10.1. The molecule has 0 saturated carbocycles. The lowest BCUT2D eigenvalue weighted by Crippen LogP contribution is -2.30. The van der Waals surface area contributed by atoms with E-state index in [0.717, 1.165) is 16.6 Å². The Morgan fingerprint density at radius 2 is 1.69 bits per heavy atom. The normalized spacial score (nSPS) is 10.7. The van der Waals surface area contributed by atoms with Gasteiger partial charge in [-0.05, 0) is 60.8 Å². The number of carbonyl (C=O) groups excluding carboxylic acids is 1. The fourth-order valence-corrected chi connectivity index (χ4v) is 4.04. The third-order valence-electron chi connectivity index (χ3n) is 5.65. The van der Waals surface area contributed by atoms with Crippen molar-refractivity contribution in [3.8, 4) is 11.5 Å². The quantitative estimate of drug-likeness (QED) is 0.352. The van der Waals surface area contributed by atoms with Crippen LogP contribution in [0.15, 0.2) is 71.5 Å². The highest BCUT2D eigenvalue weighted by molar-refractivity contribution is 6.32. The third kappa shape index (κ3) is 5.58. The Hall–Kier alpha value is -3.97. The Bertz CT molecular complexity index is 1430. The molecule has 3 aromatic carbocycles. The standard InChI is InChI=1S/C27H26ClN3O4/c1-17-4-7-20(8-5-17)29-15-19-12-18-6-10-22(34-2)14-24(18)31(27(19)33)16-26(32)30-21-9-11-25(35-3)23(28)13-21/h4-14,29H,15-16H2,1-3H3,(H,30,32). The van der Waals surface area contributed by atoms with E-state index in [9.17, 15) is 9.59 Å². The molecule has 0 fully saturated rings. The number of hydrogen-bond acceptors (Lipinski definition) is 5. The maximum absolute atomic E-state index is 13.4. The molecule has 4 aromatic rings. The molecule has 4 rings (SSSR count). The van der Waals surface area contributed by atoms with Gasteiger partial charge in [-0.2, -0.15) is 0 Å². The summed E-state index contributed by atoms with van der Waals surface area (Å²) >= 11 is 6.17. The molecule has 0 aliphatic carbocycles. The molecule has 1 heterocycles. The Balaban J connectivity index is 1.65. The van der Waals surface area contributed by atoms with Crippen molar-refractivity contribution in [2.75, 3.05) is 24.9 Å². The number of rotatable bonds is 8. The first-order chi connectivity index (χ1) is 16.9. The number of methoxy groups -OCH3 is 2. The number of amides is 1. The van der Waals surface area contributed by atoms with Gasteiger partial charge >= 0.3 is 0 Å². The van der Waals surface area contributed by atoms with Crippen LogP contribution in [-0.2, 0) is 17.9 Å². The third-order valence-corrected chi connectivity index (χ3v) is 5.95. The Morgan fingerprint density at radius 3 is 2.37 bits per heavy atom. The largest absolute Gasteiger partial charge is 0.497 e. The Kier molecular flexibility index (Phi) is 7.27. The highest BCUT2D eigenvalue weighted by Crippen LogP contribution is 2.27. The van der Waals surface area contributed by atoms with E-state index in [1.54, 1.807) is 31.4 Å². The molecule has 0 radical (unpaired) electrons. The van der Waals surface area contributed by atoms with Crippen LogP contribution >= 0.6 is 11.6 Å². The predicted molar refractivity (Wildman–Crippen MR) is 140 cm³/mol. The molecular formula is C27H26ClN3O4. The number of nitrogens with zero attached hydrogens (tertiary/aromatic N) is 1. The first-order valence-electron chi connectivity index (χ1n) is 11.0. The van der Waals surface area contributed by atoms with Crippen LogP contribution < -0.4 is 25.7 Å². The molecule has 8 heteroatoms. The van der Waals surface area contributed by atoms with Crippen molar-refractivity contribution in [3.05, 3.63) is 93.2 Å². The molecule has 180 valence electrons. The van der Waals surface area contributed by atoms with E-state index in [1.807, 2.05) is 49.4 Å². The van der Waals surface area contributed by atoms with Crippen molar-refractivity contribution >= 4 is 39.8 Å². The number of carbonyl (C=O) groups is 1. The fourth-order valence-electron chi connectivity index (χ4n) is 3.78. The van der Waals surface area contributed by atoms with E-state index in [1.165, 1.54) is 11.7 Å².